The number of rotatable bonds is 32. The number of oxazole rings is 2. The number of hydrogen-bond acceptors (Lipinski definition) is 20. The molecule has 8 heterocycles. The minimum atomic E-state index is 0.0593. The molecule has 0 aliphatic carbocycles. The van der Waals surface area contributed by atoms with Crippen LogP contribution in [-0.4, -0.2) is 151 Å². The van der Waals surface area contributed by atoms with Gasteiger partial charge in [-0.15, -0.1) is 0 Å². The van der Waals surface area contributed by atoms with E-state index in [0.29, 0.717) is 43.3 Å². The fraction of sp³-hybridized carbons (Fsp3) is 0.793. The first-order chi connectivity index (χ1) is 63.1. The Hall–Kier alpha value is -3.52. The Balaban J connectivity index is 0.000000800. The largest absolute Gasteiger partial charge is 0.449 e. The van der Waals surface area contributed by atoms with Crippen molar-refractivity contribution in [2.45, 2.75) is 427 Å². The maximum atomic E-state index is 5.76. The summed E-state index contributed by atoms with van der Waals surface area (Å²) in [5.41, 5.74) is 16.5. The molecule has 140 heavy (non-hydrogen) atoms. The van der Waals surface area contributed by atoms with Gasteiger partial charge in [0.25, 0.3) is 0 Å². The molecule has 8 aromatic rings. The molecule has 0 spiro atoms. The molecule has 8 aromatic heterocycles. The summed E-state index contributed by atoms with van der Waals surface area (Å²) < 4.78 is 30.2. The van der Waals surface area contributed by atoms with Gasteiger partial charge in [-0.05, 0) is 135 Å². The molecule has 0 bridgehead atoms. The Morgan fingerprint density at radius 1 is 0.293 bits per heavy atom. The van der Waals surface area contributed by atoms with Crippen LogP contribution in [0, 0.1) is 43.3 Å². The van der Waals surface area contributed by atoms with Crippen molar-refractivity contribution in [1.29, 1.82) is 0 Å². The summed E-state index contributed by atoms with van der Waals surface area (Å²) >= 11 is 16.0. The quantitative estimate of drug-likeness (QED) is 0.0364. The molecule has 0 aromatic carbocycles. The van der Waals surface area contributed by atoms with Crippen LogP contribution < -0.4 is 0 Å². The second-order valence-electron chi connectivity index (χ2n) is 56.1. The van der Waals surface area contributed by atoms with Crippen molar-refractivity contribution in [3.8, 4) is 0 Å². The lowest BCUT2D eigenvalue weighted by Gasteiger charge is -2.19. The van der Waals surface area contributed by atoms with Gasteiger partial charge in [0, 0.05) is 177 Å². The van der Waals surface area contributed by atoms with E-state index in [4.69, 9.17) is 22.9 Å². The Morgan fingerprint density at radius 2 is 0.664 bits per heavy atom. The zero-order valence-electron chi connectivity index (χ0n) is 99.9. The van der Waals surface area contributed by atoms with Crippen molar-refractivity contribution >= 4 is 94.1 Å². The van der Waals surface area contributed by atoms with Crippen molar-refractivity contribution in [3.63, 3.8) is 0 Å². The standard InChI is InChI=1S/4C15H28N2S.4C14H25NOS/c1-14(2,3)11-18-9-8-13-16-12(10-17(13)7)15(4,5)6;1-14(2,3)11-18-9-8-13-16-10-12(17(13)7)15(4,5)6;1-14(2,3)11-18-9-8-13-12(15(4,5)6)10-17(7)16-13;1-14(2,3)11-18-9-8-12-10-13(15(4,5)6)17(7)16-12;1-13(2,3)10-17-8-7-12-15-11(9-16-12)14(4,5)6;1-13(2,3)10-17-8-7-12-15-9-11(16-12)14(4,5)6;1-13(2,3)10-17-8-7-12-11(9-16-15-12)14(4,5)6;1-13(2,3)10-17-8-7-11-9-12(16-15-11)14(4,5)6/h4*10H,8-9,11H2,1-7H3;4*9H,7-8,10H2,1-6H3. The maximum absolute atomic E-state index is 5.76. The van der Waals surface area contributed by atoms with Crippen LogP contribution in [0.3, 0.4) is 0 Å². The van der Waals surface area contributed by atoms with Crippen molar-refractivity contribution in [2.75, 3.05) is 92.0 Å². The molecule has 0 N–H and O–H groups in total. The van der Waals surface area contributed by atoms with E-state index in [1.54, 1.807) is 12.5 Å². The van der Waals surface area contributed by atoms with Gasteiger partial charge in [0.05, 0.1) is 40.4 Å². The summed E-state index contributed by atoms with van der Waals surface area (Å²) in [5.74, 6) is 24.8. The van der Waals surface area contributed by atoms with Crippen molar-refractivity contribution < 1.29 is 17.9 Å². The minimum absolute atomic E-state index is 0.0593. The fourth-order valence-electron chi connectivity index (χ4n) is 12.9. The second kappa shape index (κ2) is 58.6. The van der Waals surface area contributed by atoms with Gasteiger partial charge >= 0.3 is 0 Å². The second-order valence-corrected chi connectivity index (χ2v) is 64.9. The molecule has 24 heteroatoms. The normalized spacial score (nSPS) is 13.1. The zero-order chi connectivity index (χ0) is 108. The van der Waals surface area contributed by atoms with Crippen LogP contribution in [0.2, 0.25) is 0 Å². The third-order valence-electron chi connectivity index (χ3n) is 20.5. The highest BCUT2D eigenvalue weighted by molar-refractivity contribution is 8.00. The van der Waals surface area contributed by atoms with E-state index in [2.05, 4.69) is 416 Å². The van der Waals surface area contributed by atoms with Gasteiger partial charge in [0.2, 0.25) is 0 Å². The van der Waals surface area contributed by atoms with Gasteiger partial charge in [0.1, 0.15) is 35.7 Å². The molecule has 0 amide bonds. The maximum Gasteiger partial charge on any atom is 0.195 e. The average molecular weight is 2100 g/mol. The zero-order valence-corrected chi connectivity index (χ0v) is 106. The Kier molecular flexibility index (Phi) is 56.3. The summed E-state index contributed by atoms with van der Waals surface area (Å²) in [4.78, 5) is 18.2. The van der Waals surface area contributed by atoms with Gasteiger partial charge in [0.15, 0.2) is 11.8 Å². The molecule has 8 rings (SSSR count). The van der Waals surface area contributed by atoms with Crippen LogP contribution in [0.25, 0.3) is 0 Å². The molecule has 808 valence electrons. The summed E-state index contributed by atoms with van der Waals surface area (Å²) in [6, 6.07) is 4.36. The van der Waals surface area contributed by atoms with Gasteiger partial charge in [-0.3, -0.25) is 9.36 Å². The molecule has 0 saturated heterocycles. The van der Waals surface area contributed by atoms with E-state index in [-0.39, 0.29) is 43.3 Å². The highest BCUT2D eigenvalue weighted by atomic mass is 32.2. The van der Waals surface area contributed by atoms with Gasteiger partial charge < -0.3 is 27.0 Å². The SMILES string of the molecule is CC(C)(C)CSCCc1cc(C(C)(C)C)on1.CC(C)(C)CSCCc1nc(C(C)(C)C)co1.CC(C)(C)CSCCc1ncc(C(C)(C)C)o1.CC(C)(C)CSCCc1nocc1C(C)(C)C.Cn1c(C(C)(C)C)cnc1CCSCC(C)(C)C.Cn1cc(C(C)(C)C)c(CCSCC(C)(C)C)n1.Cn1cc(C(C)(C)C)nc1CCSCC(C)(C)C.Cn1nc(CCSCC(C)(C)C)cc1C(C)(C)C. The Labute approximate surface area is 895 Å². The van der Waals surface area contributed by atoms with E-state index in [1.807, 2.05) is 130 Å². The van der Waals surface area contributed by atoms with E-state index < -0.39 is 0 Å². The molecule has 0 radical (unpaired) electrons. The van der Waals surface area contributed by atoms with E-state index in [9.17, 15) is 0 Å². The smallest absolute Gasteiger partial charge is 0.195 e. The van der Waals surface area contributed by atoms with Gasteiger partial charge in [-0.25, -0.2) is 19.9 Å². The molecule has 16 nitrogen and oxygen atoms in total. The van der Waals surface area contributed by atoms with Crippen molar-refractivity contribution in [1.82, 2.24) is 58.9 Å². The van der Waals surface area contributed by atoms with E-state index in [1.165, 1.54) is 97.3 Å². The number of aryl methyl sites for hydroxylation is 11. The lowest BCUT2D eigenvalue weighted by atomic mass is 9.87. The van der Waals surface area contributed by atoms with Gasteiger partial charge in [-0.1, -0.05) is 343 Å². The van der Waals surface area contributed by atoms with Crippen LogP contribution in [0.4, 0.5) is 0 Å². The average Bonchev–Trinajstić information content (AvgIpc) is 1.69. The molecular weight excluding hydrogens is 1880 g/mol. The highest BCUT2D eigenvalue weighted by Gasteiger charge is 2.29. The summed E-state index contributed by atoms with van der Waals surface area (Å²) in [5, 5.41) is 17.5. The lowest BCUT2D eigenvalue weighted by Crippen LogP contribution is -2.17. The molecular formula is C116H212N12O4S8. The molecule has 0 atom stereocenters. The molecule has 0 saturated carbocycles. The highest BCUT2D eigenvalue weighted by Crippen LogP contribution is 2.35. The Bertz CT molecular complexity index is 4460. The lowest BCUT2D eigenvalue weighted by molar-refractivity contribution is 0.326. The number of hydrogen-bond donors (Lipinski definition) is 0. The summed E-state index contributed by atoms with van der Waals surface area (Å²) in [6.07, 6.45) is 20.0. The monoisotopic (exact) mass is 2090 g/mol. The number of nitrogens with zero attached hydrogens (tertiary/aromatic N) is 12. The third-order valence-corrected chi connectivity index (χ3v) is 33.0. The molecule has 0 aliphatic rings. The number of aromatic nitrogens is 12. The van der Waals surface area contributed by atoms with Crippen LogP contribution in [0.5, 0.6) is 0 Å². The molecule has 0 fully saturated rings. The molecule has 0 unspecified atom stereocenters. The van der Waals surface area contributed by atoms with Crippen LogP contribution >= 0.6 is 94.1 Å². The molecule has 0 aliphatic heterocycles. The first kappa shape index (κ1) is 134. The van der Waals surface area contributed by atoms with E-state index >= 15 is 0 Å². The predicted molar refractivity (Wildman–Crippen MR) is 632 cm³/mol. The van der Waals surface area contributed by atoms with E-state index in [0.717, 1.165) is 138 Å². The fourth-order valence-corrected chi connectivity index (χ4v) is 21.6. The number of imidazole rings is 2. The van der Waals surface area contributed by atoms with Crippen molar-refractivity contribution in [3.05, 3.63) is 141 Å². The number of thioether (sulfide) groups is 8. The van der Waals surface area contributed by atoms with Gasteiger partial charge in [-0.2, -0.15) is 104 Å². The first-order valence-corrected chi connectivity index (χ1v) is 60.9. The Morgan fingerprint density at radius 3 is 1.01 bits per heavy atom. The van der Waals surface area contributed by atoms with Crippen LogP contribution in [-0.2, 0) is 123 Å². The minimum Gasteiger partial charge on any atom is -0.449 e. The van der Waals surface area contributed by atoms with Crippen LogP contribution in [0.15, 0.2) is 67.3 Å². The summed E-state index contributed by atoms with van der Waals surface area (Å²) in [6.45, 7) is 108. The summed E-state index contributed by atoms with van der Waals surface area (Å²) in [7, 11) is 8.30. The van der Waals surface area contributed by atoms with Crippen LogP contribution in [0.1, 0.15) is 424 Å². The third kappa shape index (κ3) is 63.3. The first-order valence-electron chi connectivity index (χ1n) is 51.7. The van der Waals surface area contributed by atoms with Crippen molar-refractivity contribution in [2.24, 2.45) is 71.5 Å². The predicted octanol–water partition coefficient (Wildman–Crippen LogP) is 33.3. The topological polar surface area (TPSA) is 175 Å².